The highest BCUT2D eigenvalue weighted by atomic mass is 16.2. The number of rotatable bonds is 4. The molecule has 2 aliphatic heterocycles. The van der Waals surface area contributed by atoms with Gasteiger partial charge in [0.2, 0.25) is 5.91 Å². The number of carbonyl (C=O) groups excluding carboxylic acids is 1. The number of imidazole rings is 1. The van der Waals surface area contributed by atoms with Crippen molar-refractivity contribution in [2.75, 3.05) is 19.6 Å². The number of carbonyl (C=O) groups is 1. The molecule has 2 aromatic carbocycles. The number of nitrogens with one attached hydrogen (secondary N) is 2. The zero-order valence-electron chi connectivity index (χ0n) is 16.6. The number of amides is 1. The van der Waals surface area contributed by atoms with Crippen molar-refractivity contribution in [3.05, 3.63) is 70.1 Å². The van der Waals surface area contributed by atoms with E-state index in [-0.39, 0.29) is 17.6 Å². The molecule has 6 nitrogen and oxygen atoms in total. The Balaban J connectivity index is 1.40. The fourth-order valence-electron chi connectivity index (χ4n) is 5.17. The molecule has 3 heterocycles. The van der Waals surface area contributed by atoms with Crippen LogP contribution in [-0.2, 0) is 11.3 Å². The number of aromatic amines is 1. The highest BCUT2D eigenvalue weighted by molar-refractivity contribution is 5.78. The predicted octanol–water partition coefficient (Wildman–Crippen LogP) is 2.45. The van der Waals surface area contributed by atoms with Crippen LogP contribution in [0.25, 0.3) is 11.0 Å². The van der Waals surface area contributed by atoms with Crippen LogP contribution in [-0.4, -0.2) is 40.0 Å². The van der Waals surface area contributed by atoms with Crippen LogP contribution in [0.4, 0.5) is 0 Å². The molecule has 150 valence electrons. The number of hydrogen-bond acceptors (Lipinski definition) is 3. The molecule has 2 saturated heterocycles. The van der Waals surface area contributed by atoms with Crippen molar-refractivity contribution < 1.29 is 4.79 Å². The first-order valence-electron chi connectivity index (χ1n) is 10.4. The number of benzene rings is 2. The first kappa shape index (κ1) is 18.2. The van der Waals surface area contributed by atoms with Crippen LogP contribution in [0.15, 0.2) is 53.3 Å². The van der Waals surface area contributed by atoms with Gasteiger partial charge in [-0.3, -0.25) is 9.36 Å². The van der Waals surface area contributed by atoms with Gasteiger partial charge in [0, 0.05) is 38.5 Å². The van der Waals surface area contributed by atoms with Crippen molar-refractivity contribution in [2.45, 2.75) is 25.9 Å². The molecular formula is C23H26N4O2. The third kappa shape index (κ3) is 3.08. The van der Waals surface area contributed by atoms with Gasteiger partial charge in [-0.25, -0.2) is 4.79 Å². The summed E-state index contributed by atoms with van der Waals surface area (Å²) < 4.78 is 1.68. The average molecular weight is 390 g/mol. The van der Waals surface area contributed by atoms with Crippen LogP contribution in [0.5, 0.6) is 0 Å². The number of likely N-dealkylation sites (tertiary alicyclic amines) is 1. The van der Waals surface area contributed by atoms with Gasteiger partial charge in [0.1, 0.15) is 0 Å². The molecule has 0 aliphatic carbocycles. The summed E-state index contributed by atoms with van der Waals surface area (Å²) in [5, 5.41) is 3.50. The van der Waals surface area contributed by atoms with Gasteiger partial charge in [-0.2, -0.15) is 0 Å². The summed E-state index contributed by atoms with van der Waals surface area (Å²) in [4.78, 5) is 30.6. The fraction of sp³-hybridized carbons (Fsp3) is 0.391. The van der Waals surface area contributed by atoms with Gasteiger partial charge in [0.25, 0.3) is 0 Å². The molecule has 3 atom stereocenters. The molecule has 2 N–H and O–H groups in total. The zero-order chi connectivity index (χ0) is 20.0. The quantitative estimate of drug-likeness (QED) is 0.719. The third-order valence-electron chi connectivity index (χ3n) is 6.62. The molecule has 0 unspecified atom stereocenters. The van der Waals surface area contributed by atoms with E-state index in [4.69, 9.17) is 0 Å². The second kappa shape index (κ2) is 7.19. The molecule has 29 heavy (non-hydrogen) atoms. The van der Waals surface area contributed by atoms with Crippen LogP contribution in [0, 0.1) is 18.8 Å². The largest absolute Gasteiger partial charge is 0.335 e. The zero-order valence-corrected chi connectivity index (χ0v) is 16.6. The molecule has 6 heteroatoms. The van der Waals surface area contributed by atoms with E-state index >= 15 is 0 Å². The van der Waals surface area contributed by atoms with Crippen molar-refractivity contribution in [3.63, 3.8) is 0 Å². The van der Waals surface area contributed by atoms with E-state index in [9.17, 15) is 9.59 Å². The molecule has 1 aromatic heterocycles. The first-order chi connectivity index (χ1) is 14.1. The average Bonchev–Trinajstić information content (AvgIpc) is 3.39. The summed E-state index contributed by atoms with van der Waals surface area (Å²) in [6.45, 7) is 5.23. The van der Waals surface area contributed by atoms with Crippen LogP contribution in [0.1, 0.15) is 23.6 Å². The Bertz CT molecular complexity index is 1120. The number of fused-ring (bicyclic) bond motifs is 2. The molecule has 0 spiro atoms. The monoisotopic (exact) mass is 390 g/mol. The topological polar surface area (TPSA) is 70.1 Å². The molecule has 0 bridgehead atoms. The van der Waals surface area contributed by atoms with Crippen molar-refractivity contribution in [1.82, 2.24) is 19.8 Å². The number of aryl methyl sites for hydroxylation is 2. The van der Waals surface area contributed by atoms with Crippen molar-refractivity contribution in [3.8, 4) is 0 Å². The molecular weight excluding hydrogens is 364 g/mol. The van der Waals surface area contributed by atoms with E-state index in [0.717, 1.165) is 30.7 Å². The first-order valence-corrected chi connectivity index (χ1v) is 10.4. The number of para-hydroxylation sites is 2. The van der Waals surface area contributed by atoms with E-state index in [0.29, 0.717) is 24.8 Å². The molecule has 2 fully saturated rings. The predicted molar refractivity (Wildman–Crippen MR) is 113 cm³/mol. The van der Waals surface area contributed by atoms with Crippen molar-refractivity contribution >= 4 is 16.9 Å². The summed E-state index contributed by atoms with van der Waals surface area (Å²) in [7, 11) is 0. The Hall–Kier alpha value is -2.86. The summed E-state index contributed by atoms with van der Waals surface area (Å²) in [6, 6.07) is 16.1. The van der Waals surface area contributed by atoms with Crippen LogP contribution >= 0.6 is 0 Å². The molecule has 0 radical (unpaired) electrons. The maximum atomic E-state index is 13.3. The Morgan fingerprint density at radius 3 is 2.76 bits per heavy atom. The lowest BCUT2D eigenvalue weighted by Crippen LogP contribution is -2.35. The van der Waals surface area contributed by atoms with Crippen molar-refractivity contribution in [1.29, 1.82) is 0 Å². The second-order valence-corrected chi connectivity index (χ2v) is 8.28. The Morgan fingerprint density at radius 2 is 1.90 bits per heavy atom. The van der Waals surface area contributed by atoms with E-state index in [1.165, 1.54) is 11.1 Å². The van der Waals surface area contributed by atoms with Crippen molar-refractivity contribution in [2.24, 2.45) is 11.8 Å². The van der Waals surface area contributed by atoms with Crippen LogP contribution < -0.4 is 11.0 Å². The van der Waals surface area contributed by atoms with Gasteiger partial charge in [0.15, 0.2) is 0 Å². The lowest BCUT2D eigenvalue weighted by atomic mass is 9.87. The lowest BCUT2D eigenvalue weighted by molar-refractivity contribution is -0.132. The lowest BCUT2D eigenvalue weighted by Gasteiger charge is -2.29. The molecule has 0 saturated carbocycles. The van der Waals surface area contributed by atoms with E-state index in [1.807, 2.05) is 30.3 Å². The van der Waals surface area contributed by atoms with E-state index in [2.05, 4.69) is 40.3 Å². The van der Waals surface area contributed by atoms with Gasteiger partial charge in [0.05, 0.1) is 17.1 Å². The molecule has 3 aromatic rings. The number of aromatic nitrogens is 2. The molecule has 5 rings (SSSR count). The molecule has 1 amide bonds. The summed E-state index contributed by atoms with van der Waals surface area (Å²) in [6.07, 6.45) is 0.330. The number of H-pyrrole nitrogens is 1. The highest BCUT2D eigenvalue weighted by Crippen LogP contribution is 2.43. The standard InChI is InChI=1S/C23H26N4O2/c1-15-6-2-3-7-17(15)22-18-13-24-12-16(18)14-27(22)21(28)10-11-26-20-9-5-4-8-19(20)25-23(26)29/h2-9,16,18,22,24H,10-14H2,1H3,(H,25,29)/t16-,18-,22-/m0/s1. The Kier molecular flexibility index (Phi) is 4.51. The van der Waals surface area contributed by atoms with Crippen LogP contribution in [0.2, 0.25) is 0 Å². The SMILES string of the molecule is Cc1ccccc1[C@H]1[C@H]2CNC[C@H]2CN1C(=O)CCn1c(=O)[nH]c2ccccc21. The summed E-state index contributed by atoms with van der Waals surface area (Å²) >= 11 is 0. The van der Waals surface area contributed by atoms with E-state index in [1.54, 1.807) is 4.57 Å². The highest BCUT2D eigenvalue weighted by Gasteiger charge is 2.46. The van der Waals surface area contributed by atoms with E-state index < -0.39 is 0 Å². The summed E-state index contributed by atoms with van der Waals surface area (Å²) in [5.74, 6) is 1.08. The van der Waals surface area contributed by atoms with Gasteiger partial charge in [-0.15, -0.1) is 0 Å². The minimum Gasteiger partial charge on any atom is -0.335 e. The van der Waals surface area contributed by atoms with Crippen LogP contribution in [0.3, 0.4) is 0 Å². The fourth-order valence-corrected chi connectivity index (χ4v) is 5.17. The summed E-state index contributed by atoms with van der Waals surface area (Å²) in [5.41, 5.74) is 3.99. The van der Waals surface area contributed by atoms with Gasteiger partial charge >= 0.3 is 5.69 Å². The Morgan fingerprint density at radius 1 is 1.10 bits per heavy atom. The van der Waals surface area contributed by atoms with Gasteiger partial charge in [-0.05, 0) is 36.1 Å². The maximum Gasteiger partial charge on any atom is 0.326 e. The Labute approximate surface area is 169 Å². The maximum absolute atomic E-state index is 13.3. The van der Waals surface area contributed by atoms with Gasteiger partial charge < -0.3 is 15.2 Å². The van der Waals surface area contributed by atoms with Gasteiger partial charge in [-0.1, -0.05) is 36.4 Å². The minimum atomic E-state index is -0.156. The minimum absolute atomic E-state index is 0.114. The number of hydrogen-bond donors (Lipinski definition) is 2. The smallest absolute Gasteiger partial charge is 0.326 e. The molecule has 2 aliphatic rings. The second-order valence-electron chi connectivity index (χ2n) is 8.28. The number of nitrogens with zero attached hydrogens (tertiary/aromatic N) is 2. The third-order valence-corrected chi connectivity index (χ3v) is 6.62. The normalized spacial score (nSPS) is 23.6.